The van der Waals surface area contributed by atoms with Crippen molar-refractivity contribution in [1.82, 2.24) is 0 Å². The SMILES string of the molecule is CCCCCC1CCC(C2CCC(C(F)(F)Oc3cc(C(C)(C)C)c(O)c(C(C)(C)C)c3)CC2)OC1. The zero-order valence-corrected chi connectivity index (χ0v) is 23.8. The first-order chi connectivity index (χ1) is 16.7. The highest BCUT2D eigenvalue weighted by atomic mass is 19.3. The standard InChI is InChI=1S/C31H50F2O3/c1-8-9-10-11-21-12-17-27(35-20-21)22-13-15-23(16-14-22)31(32,33)36-24-18-25(29(2,3)4)28(34)26(19-24)30(5,6)7/h18-19,21-23,27,34H,8-17,20H2,1-7H3. The van der Waals surface area contributed by atoms with Gasteiger partial charge in [-0.1, -0.05) is 67.7 Å². The Morgan fingerprint density at radius 3 is 1.94 bits per heavy atom. The quantitative estimate of drug-likeness (QED) is 0.356. The van der Waals surface area contributed by atoms with E-state index in [2.05, 4.69) is 6.92 Å². The minimum Gasteiger partial charge on any atom is -0.507 e. The maximum atomic E-state index is 15.4. The summed E-state index contributed by atoms with van der Waals surface area (Å²) >= 11 is 0. The average molecular weight is 509 g/mol. The molecule has 1 aliphatic heterocycles. The molecule has 1 N–H and O–H groups in total. The van der Waals surface area contributed by atoms with E-state index < -0.39 is 22.9 Å². The maximum Gasteiger partial charge on any atom is 0.400 e. The highest BCUT2D eigenvalue weighted by molar-refractivity contribution is 5.52. The number of aromatic hydroxyl groups is 1. The Morgan fingerprint density at radius 2 is 1.47 bits per heavy atom. The fraction of sp³-hybridized carbons (Fsp3) is 0.806. The van der Waals surface area contributed by atoms with Gasteiger partial charge < -0.3 is 14.6 Å². The van der Waals surface area contributed by atoms with Crippen molar-refractivity contribution in [2.75, 3.05) is 6.61 Å². The number of phenols is 1. The summed E-state index contributed by atoms with van der Waals surface area (Å²) < 4.78 is 42.5. The van der Waals surface area contributed by atoms with Gasteiger partial charge >= 0.3 is 6.11 Å². The number of ether oxygens (including phenoxy) is 2. The lowest BCUT2D eigenvalue weighted by atomic mass is 9.76. The smallest absolute Gasteiger partial charge is 0.400 e. The second-order valence-corrected chi connectivity index (χ2v) is 13.5. The molecule has 0 aromatic heterocycles. The highest BCUT2D eigenvalue weighted by Crippen LogP contribution is 2.46. The number of halogens is 2. The van der Waals surface area contributed by atoms with E-state index in [1.54, 1.807) is 12.1 Å². The van der Waals surface area contributed by atoms with E-state index in [1.807, 2.05) is 41.5 Å². The number of phenolic OH excluding ortho intramolecular Hbond substituents is 1. The zero-order chi connectivity index (χ0) is 26.7. The predicted molar refractivity (Wildman–Crippen MR) is 143 cm³/mol. The van der Waals surface area contributed by atoms with Crippen LogP contribution in [0.4, 0.5) is 8.78 Å². The molecule has 5 heteroatoms. The monoisotopic (exact) mass is 508 g/mol. The number of alkyl halides is 2. The van der Waals surface area contributed by atoms with Crippen LogP contribution in [0.2, 0.25) is 0 Å². The van der Waals surface area contributed by atoms with Crippen LogP contribution in [0.5, 0.6) is 11.5 Å². The van der Waals surface area contributed by atoms with Gasteiger partial charge in [0.05, 0.1) is 12.0 Å². The second kappa shape index (κ2) is 11.6. The maximum absolute atomic E-state index is 15.4. The number of benzene rings is 1. The van der Waals surface area contributed by atoms with Gasteiger partial charge in [0.25, 0.3) is 0 Å². The lowest BCUT2D eigenvalue weighted by Crippen LogP contribution is -2.40. The summed E-state index contributed by atoms with van der Waals surface area (Å²) in [4.78, 5) is 0. The van der Waals surface area contributed by atoms with Crippen molar-refractivity contribution in [2.45, 2.75) is 136 Å². The van der Waals surface area contributed by atoms with Gasteiger partial charge in [-0.05, 0) is 79.7 Å². The minimum atomic E-state index is -3.25. The van der Waals surface area contributed by atoms with Crippen LogP contribution >= 0.6 is 0 Å². The molecule has 1 aromatic carbocycles. The Hall–Kier alpha value is -1.36. The third kappa shape index (κ3) is 7.36. The highest BCUT2D eigenvalue weighted by Gasteiger charge is 2.45. The minimum absolute atomic E-state index is 0.138. The molecule has 2 unspecified atom stereocenters. The molecule has 0 radical (unpaired) electrons. The summed E-state index contributed by atoms with van der Waals surface area (Å²) in [5.41, 5.74) is 0.469. The summed E-state index contributed by atoms with van der Waals surface area (Å²) in [7, 11) is 0. The molecule has 0 bridgehead atoms. The van der Waals surface area contributed by atoms with Crippen molar-refractivity contribution in [1.29, 1.82) is 0 Å². The van der Waals surface area contributed by atoms with E-state index in [9.17, 15) is 5.11 Å². The Balaban J connectivity index is 1.61. The summed E-state index contributed by atoms with van der Waals surface area (Å²) in [5.74, 6) is 0.556. The third-order valence-corrected chi connectivity index (χ3v) is 8.35. The number of hydrogen-bond acceptors (Lipinski definition) is 3. The fourth-order valence-corrected chi connectivity index (χ4v) is 5.99. The van der Waals surface area contributed by atoms with Gasteiger partial charge in [-0.15, -0.1) is 0 Å². The lowest BCUT2D eigenvalue weighted by Gasteiger charge is -2.39. The molecule has 0 spiro atoms. The second-order valence-electron chi connectivity index (χ2n) is 13.5. The first-order valence-electron chi connectivity index (χ1n) is 14.3. The first-order valence-corrected chi connectivity index (χ1v) is 14.3. The van der Waals surface area contributed by atoms with Gasteiger partial charge in [-0.3, -0.25) is 0 Å². The van der Waals surface area contributed by atoms with Crippen molar-refractivity contribution < 1.29 is 23.4 Å². The molecule has 1 aromatic rings. The van der Waals surface area contributed by atoms with Gasteiger partial charge in [0.1, 0.15) is 11.5 Å². The van der Waals surface area contributed by atoms with E-state index in [0.717, 1.165) is 25.9 Å². The van der Waals surface area contributed by atoms with Crippen molar-refractivity contribution in [3.63, 3.8) is 0 Å². The summed E-state index contributed by atoms with van der Waals surface area (Å²) in [6.45, 7) is 14.9. The van der Waals surface area contributed by atoms with Crippen molar-refractivity contribution >= 4 is 0 Å². The van der Waals surface area contributed by atoms with Crippen LogP contribution in [0.3, 0.4) is 0 Å². The number of unbranched alkanes of at least 4 members (excludes halogenated alkanes) is 2. The third-order valence-electron chi connectivity index (χ3n) is 8.35. The zero-order valence-electron chi connectivity index (χ0n) is 23.8. The Morgan fingerprint density at radius 1 is 0.889 bits per heavy atom. The lowest BCUT2D eigenvalue weighted by molar-refractivity contribution is -0.225. The molecule has 36 heavy (non-hydrogen) atoms. The largest absolute Gasteiger partial charge is 0.507 e. The predicted octanol–water partition coefficient (Wildman–Crippen LogP) is 9.14. The van der Waals surface area contributed by atoms with Gasteiger partial charge in [-0.2, -0.15) is 8.78 Å². The molecule has 1 aliphatic carbocycles. The summed E-state index contributed by atoms with van der Waals surface area (Å²) in [6, 6.07) is 3.19. The van der Waals surface area contributed by atoms with Crippen molar-refractivity contribution in [3.8, 4) is 11.5 Å². The van der Waals surface area contributed by atoms with Crippen LogP contribution in [-0.2, 0) is 15.6 Å². The van der Waals surface area contributed by atoms with Crippen LogP contribution in [0.25, 0.3) is 0 Å². The van der Waals surface area contributed by atoms with Gasteiger partial charge in [0.2, 0.25) is 0 Å². The molecule has 0 amide bonds. The molecule has 3 rings (SSSR count). The van der Waals surface area contributed by atoms with E-state index in [1.165, 1.54) is 32.1 Å². The van der Waals surface area contributed by atoms with E-state index in [-0.39, 0.29) is 17.6 Å². The van der Waals surface area contributed by atoms with Crippen LogP contribution in [0.15, 0.2) is 12.1 Å². The molecule has 3 nitrogen and oxygen atoms in total. The molecule has 1 heterocycles. The van der Waals surface area contributed by atoms with Crippen molar-refractivity contribution in [3.05, 3.63) is 23.3 Å². The molecule has 2 fully saturated rings. The van der Waals surface area contributed by atoms with Crippen molar-refractivity contribution in [2.24, 2.45) is 17.8 Å². The van der Waals surface area contributed by atoms with Crippen LogP contribution < -0.4 is 4.74 Å². The van der Waals surface area contributed by atoms with Crippen LogP contribution in [0.1, 0.15) is 124 Å². The Kier molecular flexibility index (Phi) is 9.39. The summed E-state index contributed by atoms with van der Waals surface area (Å²) in [6.07, 6.45) is 6.77. The molecule has 2 aliphatic rings. The van der Waals surface area contributed by atoms with Crippen LogP contribution in [-0.4, -0.2) is 23.9 Å². The Labute approximate surface area is 218 Å². The molecule has 206 valence electrons. The molecule has 2 atom stereocenters. The molecular formula is C31H50F2O3. The van der Waals surface area contributed by atoms with Gasteiger partial charge in [-0.25, -0.2) is 0 Å². The topological polar surface area (TPSA) is 38.7 Å². The normalized spacial score (nSPS) is 26.1. The fourth-order valence-electron chi connectivity index (χ4n) is 5.99. The Bertz CT molecular complexity index is 801. The number of rotatable bonds is 8. The number of hydrogen-bond donors (Lipinski definition) is 1. The molecule has 1 saturated carbocycles. The van der Waals surface area contributed by atoms with Crippen LogP contribution in [0, 0.1) is 17.8 Å². The van der Waals surface area contributed by atoms with E-state index in [4.69, 9.17) is 9.47 Å². The first kappa shape index (κ1) is 29.2. The van der Waals surface area contributed by atoms with Gasteiger partial charge in [0, 0.05) is 17.7 Å². The molecule has 1 saturated heterocycles. The van der Waals surface area contributed by atoms with Gasteiger partial charge in [0.15, 0.2) is 0 Å². The van der Waals surface area contributed by atoms with E-state index >= 15 is 8.78 Å². The average Bonchev–Trinajstić information content (AvgIpc) is 2.79. The van der Waals surface area contributed by atoms with E-state index in [0.29, 0.717) is 35.8 Å². The summed E-state index contributed by atoms with van der Waals surface area (Å²) in [5, 5.41) is 10.9. The molecular weight excluding hydrogens is 458 g/mol.